The summed E-state index contributed by atoms with van der Waals surface area (Å²) >= 11 is 4.01. The number of benzene rings is 2. The molecule has 0 aliphatic carbocycles. The number of hydrogen-bond acceptors (Lipinski definition) is 5. The Hall–Kier alpha value is -1.36. The van der Waals surface area contributed by atoms with Crippen LogP contribution in [0.15, 0.2) is 85.1 Å². The molecule has 0 radical (unpaired) electrons. The first kappa shape index (κ1) is 28.9. The van der Waals surface area contributed by atoms with Crippen LogP contribution in [0.3, 0.4) is 0 Å². The SMILES string of the molecule is CCSCCNCCSCC.c1ccc(P(CCNCc2ccccn2)c2ccccc2)cc1. The minimum absolute atomic E-state index is 0.314. The van der Waals surface area contributed by atoms with Gasteiger partial charge in [0, 0.05) is 43.9 Å². The fourth-order valence-electron chi connectivity index (χ4n) is 3.24. The van der Waals surface area contributed by atoms with Crippen molar-refractivity contribution in [3.63, 3.8) is 0 Å². The summed E-state index contributed by atoms with van der Waals surface area (Å²) in [5.41, 5.74) is 1.09. The van der Waals surface area contributed by atoms with Gasteiger partial charge in [0.25, 0.3) is 0 Å². The minimum atomic E-state index is -0.314. The van der Waals surface area contributed by atoms with Gasteiger partial charge in [-0.25, -0.2) is 0 Å². The van der Waals surface area contributed by atoms with Crippen molar-refractivity contribution in [1.82, 2.24) is 15.6 Å². The topological polar surface area (TPSA) is 37.0 Å². The molecular formula is C28H40N3PS2. The molecule has 2 N–H and O–H groups in total. The van der Waals surface area contributed by atoms with Crippen LogP contribution < -0.4 is 21.2 Å². The van der Waals surface area contributed by atoms with E-state index < -0.39 is 0 Å². The Labute approximate surface area is 217 Å². The number of hydrogen-bond donors (Lipinski definition) is 2. The molecule has 6 heteroatoms. The van der Waals surface area contributed by atoms with Gasteiger partial charge in [0.05, 0.1) is 5.69 Å². The summed E-state index contributed by atoms with van der Waals surface area (Å²) in [6.45, 7) is 8.57. The van der Waals surface area contributed by atoms with Crippen LogP contribution in [0.4, 0.5) is 0 Å². The summed E-state index contributed by atoms with van der Waals surface area (Å²) in [5, 5.41) is 9.82. The van der Waals surface area contributed by atoms with Crippen LogP contribution in [0.2, 0.25) is 0 Å². The van der Waals surface area contributed by atoms with Gasteiger partial charge in [0.1, 0.15) is 0 Å². The van der Waals surface area contributed by atoms with E-state index in [1.165, 1.54) is 46.7 Å². The van der Waals surface area contributed by atoms with Gasteiger partial charge in [0.15, 0.2) is 0 Å². The first-order chi connectivity index (χ1) is 16.8. The second-order valence-electron chi connectivity index (χ2n) is 7.46. The average Bonchev–Trinajstić information content (AvgIpc) is 2.90. The fraction of sp³-hybridized carbons (Fsp3) is 0.393. The van der Waals surface area contributed by atoms with Crippen molar-refractivity contribution in [3.8, 4) is 0 Å². The Balaban J connectivity index is 0.000000316. The van der Waals surface area contributed by atoms with E-state index >= 15 is 0 Å². The molecule has 2 aromatic carbocycles. The number of nitrogens with zero attached hydrogens (tertiary/aromatic N) is 1. The van der Waals surface area contributed by atoms with Gasteiger partial charge in [-0.2, -0.15) is 23.5 Å². The number of rotatable bonds is 15. The van der Waals surface area contributed by atoms with E-state index in [-0.39, 0.29) is 7.92 Å². The van der Waals surface area contributed by atoms with Crippen molar-refractivity contribution in [2.75, 3.05) is 48.8 Å². The van der Waals surface area contributed by atoms with E-state index in [2.05, 4.69) is 96.2 Å². The highest BCUT2D eigenvalue weighted by Crippen LogP contribution is 2.32. The summed E-state index contributed by atoms with van der Waals surface area (Å²) in [6.07, 6.45) is 2.98. The average molecular weight is 514 g/mol. The van der Waals surface area contributed by atoms with Crippen molar-refractivity contribution in [3.05, 3.63) is 90.8 Å². The maximum absolute atomic E-state index is 4.35. The van der Waals surface area contributed by atoms with Crippen LogP contribution >= 0.6 is 31.4 Å². The maximum atomic E-state index is 4.35. The first-order valence-electron chi connectivity index (χ1n) is 12.2. The third kappa shape index (κ3) is 12.9. The molecule has 3 nitrogen and oxygen atoms in total. The summed E-state index contributed by atoms with van der Waals surface area (Å²) < 4.78 is 0. The lowest BCUT2D eigenvalue weighted by atomic mass is 10.3. The molecule has 0 atom stereocenters. The molecule has 1 heterocycles. The van der Waals surface area contributed by atoms with Crippen molar-refractivity contribution in [2.45, 2.75) is 20.4 Å². The minimum Gasteiger partial charge on any atom is -0.315 e. The lowest BCUT2D eigenvalue weighted by Crippen LogP contribution is -2.23. The van der Waals surface area contributed by atoms with Crippen LogP contribution in [0.25, 0.3) is 0 Å². The molecule has 0 bridgehead atoms. The Morgan fingerprint density at radius 2 is 1.24 bits per heavy atom. The van der Waals surface area contributed by atoms with Gasteiger partial charge < -0.3 is 10.6 Å². The van der Waals surface area contributed by atoms with E-state index in [4.69, 9.17) is 0 Å². The zero-order chi connectivity index (χ0) is 24.1. The Morgan fingerprint density at radius 3 is 1.74 bits per heavy atom. The van der Waals surface area contributed by atoms with Crippen LogP contribution in [0.1, 0.15) is 19.5 Å². The highest BCUT2D eigenvalue weighted by atomic mass is 32.2. The monoisotopic (exact) mass is 513 g/mol. The molecule has 0 aliphatic heterocycles. The molecule has 0 saturated heterocycles. The number of aromatic nitrogens is 1. The predicted octanol–water partition coefficient (Wildman–Crippen LogP) is 5.39. The summed E-state index contributed by atoms with van der Waals surface area (Å²) in [4.78, 5) is 4.35. The van der Waals surface area contributed by atoms with E-state index in [1.807, 2.05) is 41.9 Å². The third-order valence-corrected chi connectivity index (χ3v) is 9.25. The van der Waals surface area contributed by atoms with Gasteiger partial charge in [-0.15, -0.1) is 0 Å². The molecule has 0 amide bonds. The van der Waals surface area contributed by atoms with E-state index in [9.17, 15) is 0 Å². The quantitative estimate of drug-likeness (QED) is 0.211. The fourth-order valence-corrected chi connectivity index (χ4v) is 6.65. The van der Waals surface area contributed by atoms with E-state index in [0.29, 0.717) is 0 Å². The van der Waals surface area contributed by atoms with Crippen LogP contribution in [0.5, 0.6) is 0 Å². The van der Waals surface area contributed by atoms with Crippen LogP contribution in [-0.4, -0.2) is 53.8 Å². The number of nitrogens with one attached hydrogen (secondary N) is 2. The van der Waals surface area contributed by atoms with Gasteiger partial charge in [0.2, 0.25) is 0 Å². The number of pyridine rings is 1. The molecule has 0 spiro atoms. The Morgan fingerprint density at radius 1 is 0.676 bits per heavy atom. The molecule has 0 aliphatic rings. The van der Waals surface area contributed by atoms with Crippen molar-refractivity contribution < 1.29 is 0 Å². The lowest BCUT2D eigenvalue weighted by Gasteiger charge is -2.19. The van der Waals surface area contributed by atoms with Crippen LogP contribution in [0, 0.1) is 0 Å². The van der Waals surface area contributed by atoms with Gasteiger partial charge >= 0.3 is 0 Å². The third-order valence-electron chi connectivity index (χ3n) is 4.93. The van der Waals surface area contributed by atoms with Crippen LogP contribution in [-0.2, 0) is 6.54 Å². The molecule has 1 aromatic heterocycles. The van der Waals surface area contributed by atoms with Crippen molar-refractivity contribution in [2.24, 2.45) is 0 Å². The van der Waals surface area contributed by atoms with Crippen molar-refractivity contribution in [1.29, 1.82) is 0 Å². The summed E-state index contributed by atoms with van der Waals surface area (Å²) in [7, 11) is -0.314. The second-order valence-corrected chi connectivity index (χ2v) is 12.6. The normalized spacial score (nSPS) is 10.7. The molecule has 3 aromatic rings. The highest BCUT2D eigenvalue weighted by Gasteiger charge is 2.12. The molecule has 0 saturated carbocycles. The summed E-state index contributed by atoms with van der Waals surface area (Å²) in [6, 6.07) is 27.7. The molecular weight excluding hydrogens is 473 g/mol. The highest BCUT2D eigenvalue weighted by molar-refractivity contribution is 7.99. The van der Waals surface area contributed by atoms with Crippen molar-refractivity contribution >= 4 is 42.1 Å². The zero-order valence-electron chi connectivity index (χ0n) is 20.7. The Bertz CT molecular complexity index is 791. The Kier molecular flexibility index (Phi) is 16.9. The molecule has 0 fully saturated rings. The standard InChI is InChI=1S/C20H21N2P.C8H19NS2/c1-3-10-19(11-4-1)23(20-12-5-2-6-13-20)16-15-21-17-18-9-7-8-14-22-18;1-3-10-7-5-9-6-8-11-4-2/h1-14,21H,15-17H2;9H,3-8H2,1-2H3. The van der Waals surface area contributed by atoms with E-state index in [1.54, 1.807) is 0 Å². The maximum Gasteiger partial charge on any atom is 0.0541 e. The first-order valence-corrected chi connectivity index (χ1v) is 16.0. The zero-order valence-corrected chi connectivity index (χ0v) is 23.2. The molecule has 3 rings (SSSR count). The lowest BCUT2D eigenvalue weighted by molar-refractivity contribution is 0.714. The largest absolute Gasteiger partial charge is 0.315 e. The summed E-state index contributed by atoms with van der Waals surface area (Å²) in [5.74, 6) is 5.00. The number of thioether (sulfide) groups is 2. The van der Waals surface area contributed by atoms with Gasteiger partial charge in [-0.3, -0.25) is 4.98 Å². The smallest absolute Gasteiger partial charge is 0.0541 e. The predicted molar refractivity (Wildman–Crippen MR) is 159 cm³/mol. The molecule has 0 unspecified atom stereocenters. The van der Waals surface area contributed by atoms with E-state index in [0.717, 1.165) is 24.9 Å². The second kappa shape index (κ2) is 19.9. The van der Waals surface area contributed by atoms with Gasteiger partial charge in [-0.1, -0.05) is 80.6 Å². The molecule has 34 heavy (non-hydrogen) atoms. The van der Waals surface area contributed by atoms with Gasteiger partial charge in [-0.05, 0) is 48.3 Å². The molecule has 184 valence electrons.